The van der Waals surface area contributed by atoms with Crippen molar-refractivity contribution in [3.63, 3.8) is 0 Å². The molecule has 3 aromatic carbocycles. The van der Waals surface area contributed by atoms with Crippen molar-refractivity contribution < 1.29 is 17.9 Å². The van der Waals surface area contributed by atoms with Gasteiger partial charge < -0.3 is 15.0 Å². The van der Waals surface area contributed by atoms with Gasteiger partial charge in [-0.15, -0.1) is 0 Å². The van der Waals surface area contributed by atoms with Gasteiger partial charge >= 0.3 is 0 Å². The molecule has 0 radical (unpaired) electrons. The fourth-order valence-electron chi connectivity index (χ4n) is 2.69. The molecule has 3 aromatic rings. The van der Waals surface area contributed by atoms with E-state index in [0.29, 0.717) is 11.4 Å². The number of para-hydroxylation sites is 1. The van der Waals surface area contributed by atoms with Gasteiger partial charge in [0.1, 0.15) is 11.5 Å². The van der Waals surface area contributed by atoms with Crippen LogP contribution in [0.25, 0.3) is 0 Å². The molecule has 0 spiro atoms. The smallest absolute Gasteiger partial charge is 0.243 e. The third-order valence-corrected chi connectivity index (χ3v) is 5.33. The van der Waals surface area contributed by atoms with Crippen molar-refractivity contribution in [2.45, 2.75) is 4.90 Å². The van der Waals surface area contributed by atoms with Crippen molar-refractivity contribution in [3.8, 4) is 11.5 Å². The van der Waals surface area contributed by atoms with Gasteiger partial charge in [-0.25, -0.2) is 8.42 Å². The van der Waals surface area contributed by atoms with E-state index in [9.17, 15) is 13.2 Å². The average molecular weight is 410 g/mol. The first-order chi connectivity index (χ1) is 13.8. The molecule has 0 aliphatic rings. The molecule has 150 valence electrons. The fraction of sp³-hybridized carbons (Fsp3) is 0.136. The highest BCUT2D eigenvalue weighted by Gasteiger charge is 2.10. The van der Waals surface area contributed by atoms with E-state index in [1.807, 2.05) is 66.5 Å². The molecule has 1 amide bonds. The second-order valence-electron chi connectivity index (χ2n) is 6.61. The normalized spacial score (nSPS) is 11.0. The predicted molar refractivity (Wildman–Crippen MR) is 114 cm³/mol. The van der Waals surface area contributed by atoms with E-state index in [1.54, 1.807) is 12.1 Å². The first-order valence-corrected chi connectivity index (χ1v) is 10.8. The lowest BCUT2D eigenvalue weighted by Gasteiger charge is -2.19. The Morgan fingerprint density at radius 2 is 1.48 bits per heavy atom. The SMILES string of the molecule is CN(CC(=O)Nc1ccc(S(C)(=O)=O)cc1)c1ccc(Oc2ccccc2)cc1. The molecular formula is C22H22N2O4S. The van der Waals surface area contributed by atoms with Crippen LogP contribution in [0, 0.1) is 0 Å². The largest absolute Gasteiger partial charge is 0.457 e. The van der Waals surface area contributed by atoms with Crippen LogP contribution in [0.5, 0.6) is 11.5 Å². The summed E-state index contributed by atoms with van der Waals surface area (Å²) in [5.74, 6) is 1.27. The van der Waals surface area contributed by atoms with Crippen LogP contribution >= 0.6 is 0 Å². The van der Waals surface area contributed by atoms with Crippen molar-refractivity contribution in [1.82, 2.24) is 0 Å². The third-order valence-electron chi connectivity index (χ3n) is 4.20. The van der Waals surface area contributed by atoms with Crippen molar-refractivity contribution in [2.75, 3.05) is 30.1 Å². The van der Waals surface area contributed by atoms with Crippen molar-refractivity contribution in [1.29, 1.82) is 0 Å². The summed E-state index contributed by atoms with van der Waals surface area (Å²) in [4.78, 5) is 14.3. The molecule has 7 heteroatoms. The van der Waals surface area contributed by atoms with Crippen LogP contribution in [0.1, 0.15) is 0 Å². The lowest BCUT2D eigenvalue weighted by atomic mass is 10.2. The highest BCUT2D eigenvalue weighted by molar-refractivity contribution is 7.90. The highest BCUT2D eigenvalue weighted by Crippen LogP contribution is 2.24. The molecule has 0 unspecified atom stereocenters. The molecule has 29 heavy (non-hydrogen) atoms. The summed E-state index contributed by atoms with van der Waals surface area (Å²) in [6.45, 7) is 0.146. The molecule has 1 N–H and O–H groups in total. The van der Waals surface area contributed by atoms with E-state index in [-0.39, 0.29) is 17.3 Å². The number of benzene rings is 3. The van der Waals surface area contributed by atoms with Crippen LogP contribution in [0.3, 0.4) is 0 Å². The average Bonchev–Trinajstić information content (AvgIpc) is 2.69. The summed E-state index contributed by atoms with van der Waals surface area (Å²) in [5.41, 5.74) is 1.41. The van der Waals surface area contributed by atoms with Crippen LogP contribution in [-0.4, -0.2) is 34.2 Å². The van der Waals surface area contributed by atoms with Crippen LogP contribution in [-0.2, 0) is 14.6 Å². The van der Waals surface area contributed by atoms with E-state index < -0.39 is 9.84 Å². The van der Waals surface area contributed by atoms with Crippen LogP contribution in [0.4, 0.5) is 11.4 Å². The number of likely N-dealkylation sites (N-methyl/N-ethyl adjacent to an activating group) is 1. The molecule has 0 bridgehead atoms. The molecule has 0 heterocycles. The van der Waals surface area contributed by atoms with Gasteiger partial charge in [0.2, 0.25) is 5.91 Å². The van der Waals surface area contributed by atoms with E-state index in [4.69, 9.17) is 4.74 Å². The van der Waals surface area contributed by atoms with E-state index >= 15 is 0 Å². The second-order valence-corrected chi connectivity index (χ2v) is 8.63. The third kappa shape index (κ3) is 5.83. The minimum absolute atomic E-state index is 0.146. The summed E-state index contributed by atoms with van der Waals surface area (Å²) in [7, 11) is -1.44. The Labute approximate surface area is 170 Å². The van der Waals surface area contributed by atoms with Gasteiger partial charge in [0, 0.05) is 24.7 Å². The second kappa shape index (κ2) is 8.79. The number of carbonyl (C=O) groups is 1. The highest BCUT2D eigenvalue weighted by atomic mass is 32.2. The maximum Gasteiger partial charge on any atom is 0.243 e. The summed E-state index contributed by atoms with van der Waals surface area (Å²) in [5, 5.41) is 2.77. The number of anilines is 2. The Morgan fingerprint density at radius 1 is 0.897 bits per heavy atom. The number of nitrogens with zero attached hydrogens (tertiary/aromatic N) is 1. The first-order valence-electron chi connectivity index (χ1n) is 8.95. The minimum atomic E-state index is -3.26. The van der Waals surface area contributed by atoms with Crippen LogP contribution in [0.15, 0.2) is 83.8 Å². The number of nitrogens with one attached hydrogen (secondary N) is 1. The van der Waals surface area contributed by atoms with Crippen molar-refractivity contribution in [3.05, 3.63) is 78.9 Å². The lowest BCUT2D eigenvalue weighted by Crippen LogP contribution is -2.30. The van der Waals surface area contributed by atoms with Gasteiger partial charge in [0.25, 0.3) is 0 Å². The Hall–Kier alpha value is -3.32. The summed E-state index contributed by atoms with van der Waals surface area (Å²) >= 11 is 0. The van der Waals surface area contributed by atoms with E-state index in [0.717, 1.165) is 17.7 Å². The Morgan fingerprint density at radius 3 is 2.07 bits per heavy atom. The molecular weight excluding hydrogens is 388 g/mol. The van der Waals surface area contributed by atoms with Crippen LogP contribution < -0.4 is 15.0 Å². The van der Waals surface area contributed by atoms with Gasteiger partial charge in [0.15, 0.2) is 9.84 Å². The quantitative estimate of drug-likeness (QED) is 0.638. The number of hydrogen-bond donors (Lipinski definition) is 1. The standard InChI is InChI=1S/C22H22N2O4S/c1-24(16-22(25)23-17-8-14-21(15-9-17)29(2,26)27)18-10-12-20(13-11-18)28-19-6-4-3-5-7-19/h3-15H,16H2,1-2H3,(H,23,25). The van der Waals surface area contributed by atoms with Crippen molar-refractivity contribution in [2.24, 2.45) is 0 Å². The Bertz CT molecular complexity index is 1060. The molecule has 6 nitrogen and oxygen atoms in total. The molecule has 0 atom stereocenters. The van der Waals surface area contributed by atoms with Gasteiger partial charge in [-0.05, 0) is 60.7 Å². The number of carbonyl (C=O) groups excluding carboxylic acids is 1. The maximum absolute atomic E-state index is 12.3. The van der Waals surface area contributed by atoms with Gasteiger partial charge in [-0.3, -0.25) is 4.79 Å². The lowest BCUT2D eigenvalue weighted by molar-refractivity contribution is -0.114. The zero-order valence-corrected chi connectivity index (χ0v) is 17.0. The number of sulfone groups is 1. The monoisotopic (exact) mass is 410 g/mol. The summed E-state index contributed by atoms with van der Waals surface area (Å²) < 4.78 is 28.8. The first kappa shape index (κ1) is 20.4. The molecule has 0 saturated carbocycles. The molecule has 3 rings (SSSR count). The number of amides is 1. The molecule has 0 aliphatic heterocycles. The molecule has 0 aromatic heterocycles. The predicted octanol–water partition coefficient (Wildman–Crippen LogP) is 3.96. The van der Waals surface area contributed by atoms with Gasteiger partial charge in [-0.1, -0.05) is 18.2 Å². The van der Waals surface area contributed by atoms with Gasteiger partial charge in [0.05, 0.1) is 11.4 Å². The van der Waals surface area contributed by atoms with Crippen LogP contribution in [0.2, 0.25) is 0 Å². The number of ether oxygens (including phenoxy) is 1. The topological polar surface area (TPSA) is 75.7 Å². The fourth-order valence-corrected chi connectivity index (χ4v) is 3.32. The minimum Gasteiger partial charge on any atom is -0.457 e. The van der Waals surface area contributed by atoms with E-state index in [1.165, 1.54) is 12.1 Å². The molecule has 0 fully saturated rings. The summed E-state index contributed by atoms with van der Waals surface area (Å²) in [6.07, 6.45) is 1.14. The Kier molecular flexibility index (Phi) is 6.19. The zero-order valence-electron chi connectivity index (χ0n) is 16.2. The van der Waals surface area contributed by atoms with Gasteiger partial charge in [-0.2, -0.15) is 0 Å². The Balaban J connectivity index is 1.56. The summed E-state index contributed by atoms with van der Waals surface area (Å²) in [6, 6.07) is 23.1. The van der Waals surface area contributed by atoms with Crippen molar-refractivity contribution >= 4 is 27.1 Å². The molecule has 0 aliphatic carbocycles. The number of hydrogen-bond acceptors (Lipinski definition) is 5. The maximum atomic E-state index is 12.3. The number of rotatable bonds is 7. The molecule has 0 saturated heterocycles. The zero-order chi connectivity index (χ0) is 20.9. The van der Waals surface area contributed by atoms with E-state index in [2.05, 4.69) is 5.32 Å².